The summed E-state index contributed by atoms with van der Waals surface area (Å²) < 4.78 is 12.8. The first-order chi connectivity index (χ1) is 11.9. The number of fused-ring (bicyclic) bond motifs is 1. The Kier molecular flexibility index (Phi) is 3.75. The predicted octanol–water partition coefficient (Wildman–Crippen LogP) is 4.81. The third-order valence-corrected chi connectivity index (χ3v) is 5.54. The van der Waals surface area contributed by atoms with Crippen LogP contribution in [0.4, 0.5) is 0 Å². The molecule has 0 saturated carbocycles. The summed E-state index contributed by atoms with van der Waals surface area (Å²) in [6, 6.07) is 23.2. The first kappa shape index (κ1) is 16.4. The molecule has 3 aromatic carbocycles. The standard InChI is InChI=1S/C22H23BO2/c1-21(2)22(3,4)25-23(24-21)20-18-13-9-8-12-17(18)14-15-19(20)16-10-6-5-7-11-16/h5-15H,1-4H3. The van der Waals surface area contributed by atoms with Gasteiger partial charge in [0.15, 0.2) is 0 Å². The van der Waals surface area contributed by atoms with Crippen LogP contribution in [0.15, 0.2) is 66.7 Å². The molecule has 1 saturated heterocycles. The maximum absolute atomic E-state index is 6.40. The summed E-state index contributed by atoms with van der Waals surface area (Å²) in [5.74, 6) is 0. The van der Waals surface area contributed by atoms with Crippen molar-refractivity contribution in [3.05, 3.63) is 66.7 Å². The maximum atomic E-state index is 6.40. The van der Waals surface area contributed by atoms with Crippen molar-refractivity contribution in [2.24, 2.45) is 0 Å². The van der Waals surface area contributed by atoms with Crippen LogP contribution in [0.1, 0.15) is 27.7 Å². The second-order valence-electron chi connectivity index (χ2n) is 7.70. The fourth-order valence-corrected chi connectivity index (χ4v) is 3.38. The molecule has 0 N–H and O–H groups in total. The zero-order valence-electron chi connectivity index (χ0n) is 15.2. The van der Waals surface area contributed by atoms with Gasteiger partial charge < -0.3 is 9.31 Å². The van der Waals surface area contributed by atoms with E-state index in [1.165, 1.54) is 16.3 Å². The van der Waals surface area contributed by atoms with Gasteiger partial charge in [0.05, 0.1) is 11.2 Å². The quantitative estimate of drug-likeness (QED) is 0.628. The van der Waals surface area contributed by atoms with Crippen LogP contribution in [0.3, 0.4) is 0 Å². The van der Waals surface area contributed by atoms with Gasteiger partial charge in [0.1, 0.15) is 0 Å². The minimum atomic E-state index is -0.383. The Bertz CT molecular complexity index is 900. The predicted molar refractivity (Wildman–Crippen MR) is 105 cm³/mol. The van der Waals surface area contributed by atoms with E-state index < -0.39 is 0 Å². The van der Waals surface area contributed by atoms with Crippen LogP contribution in [0.25, 0.3) is 21.9 Å². The third-order valence-electron chi connectivity index (χ3n) is 5.54. The molecular weight excluding hydrogens is 307 g/mol. The minimum Gasteiger partial charge on any atom is -0.399 e. The zero-order chi connectivity index (χ0) is 17.7. The van der Waals surface area contributed by atoms with E-state index in [0.717, 1.165) is 11.0 Å². The topological polar surface area (TPSA) is 18.5 Å². The monoisotopic (exact) mass is 330 g/mol. The molecule has 0 unspecified atom stereocenters. The molecular formula is C22H23BO2. The fraction of sp³-hybridized carbons (Fsp3) is 0.273. The van der Waals surface area contributed by atoms with E-state index >= 15 is 0 Å². The highest BCUT2D eigenvalue weighted by atomic mass is 16.7. The highest BCUT2D eigenvalue weighted by molar-refractivity contribution is 6.67. The van der Waals surface area contributed by atoms with E-state index in [0.29, 0.717) is 0 Å². The van der Waals surface area contributed by atoms with Crippen LogP contribution in [0.2, 0.25) is 0 Å². The van der Waals surface area contributed by atoms with Crippen LogP contribution in [0.5, 0.6) is 0 Å². The highest BCUT2D eigenvalue weighted by Crippen LogP contribution is 2.38. The molecule has 0 bridgehead atoms. The van der Waals surface area contributed by atoms with E-state index in [9.17, 15) is 0 Å². The molecule has 0 aliphatic carbocycles. The Balaban J connectivity index is 1.95. The molecule has 1 aliphatic heterocycles. The molecule has 126 valence electrons. The average Bonchev–Trinajstić information content (AvgIpc) is 2.82. The van der Waals surface area contributed by atoms with Crippen molar-refractivity contribution in [2.45, 2.75) is 38.9 Å². The van der Waals surface area contributed by atoms with Gasteiger partial charge in [-0.1, -0.05) is 66.7 Å². The molecule has 0 radical (unpaired) electrons. The maximum Gasteiger partial charge on any atom is 0.496 e. The Morgan fingerprint density at radius 1 is 0.680 bits per heavy atom. The molecule has 2 nitrogen and oxygen atoms in total. The van der Waals surface area contributed by atoms with Crippen molar-refractivity contribution < 1.29 is 9.31 Å². The van der Waals surface area contributed by atoms with Crippen molar-refractivity contribution in [3.63, 3.8) is 0 Å². The summed E-state index contributed by atoms with van der Waals surface area (Å²) in [6.45, 7) is 8.39. The Morgan fingerprint density at radius 3 is 1.96 bits per heavy atom. The van der Waals surface area contributed by atoms with Crippen LogP contribution in [-0.4, -0.2) is 18.3 Å². The Labute approximate surface area is 149 Å². The van der Waals surface area contributed by atoms with Gasteiger partial charge in [0, 0.05) is 0 Å². The SMILES string of the molecule is CC1(C)OB(c2c(-c3ccccc3)ccc3ccccc23)OC1(C)C. The molecule has 3 aromatic rings. The van der Waals surface area contributed by atoms with E-state index in [1.54, 1.807) is 0 Å². The van der Waals surface area contributed by atoms with E-state index in [-0.39, 0.29) is 18.3 Å². The summed E-state index contributed by atoms with van der Waals surface area (Å²) in [5.41, 5.74) is 2.74. The lowest BCUT2D eigenvalue weighted by Gasteiger charge is -2.32. The Hall–Kier alpha value is -2.10. The third kappa shape index (κ3) is 2.68. The number of hydrogen-bond donors (Lipinski definition) is 0. The van der Waals surface area contributed by atoms with Crippen molar-refractivity contribution in [1.82, 2.24) is 0 Å². The van der Waals surface area contributed by atoms with Crippen molar-refractivity contribution in [3.8, 4) is 11.1 Å². The molecule has 25 heavy (non-hydrogen) atoms. The lowest BCUT2D eigenvalue weighted by atomic mass is 9.71. The van der Waals surface area contributed by atoms with Crippen molar-refractivity contribution in [1.29, 1.82) is 0 Å². The molecule has 1 aliphatic rings. The summed E-state index contributed by atoms with van der Waals surface area (Å²) >= 11 is 0. The van der Waals surface area contributed by atoms with E-state index in [4.69, 9.17) is 9.31 Å². The molecule has 0 aromatic heterocycles. The summed E-state index contributed by atoms with van der Waals surface area (Å²) in [5, 5.41) is 2.38. The van der Waals surface area contributed by atoms with E-state index in [1.807, 2.05) is 6.07 Å². The van der Waals surface area contributed by atoms with Crippen LogP contribution in [-0.2, 0) is 9.31 Å². The highest BCUT2D eigenvalue weighted by Gasteiger charge is 2.52. The molecule has 1 heterocycles. The molecule has 0 atom stereocenters. The summed E-state index contributed by atoms with van der Waals surface area (Å²) in [6.07, 6.45) is 0. The lowest BCUT2D eigenvalue weighted by Crippen LogP contribution is -2.41. The van der Waals surface area contributed by atoms with Crippen molar-refractivity contribution >= 4 is 23.4 Å². The lowest BCUT2D eigenvalue weighted by molar-refractivity contribution is 0.00578. The van der Waals surface area contributed by atoms with Gasteiger partial charge >= 0.3 is 7.12 Å². The number of rotatable bonds is 2. The Morgan fingerprint density at radius 2 is 1.28 bits per heavy atom. The van der Waals surface area contributed by atoms with Gasteiger partial charge in [-0.05, 0) is 55.1 Å². The number of hydrogen-bond acceptors (Lipinski definition) is 2. The van der Waals surface area contributed by atoms with Gasteiger partial charge in [0.25, 0.3) is 0 Å². The minimum absolute atomic E-state index is 0.359. The van der Waals surface area contributed by atoms with Gasteiger partial charge in [-0.25, -0.2) is 0 Å². The largest absolute Gasteiger partial charge is 0.496 e. The smallest absolute Gasteiger partial charge is 0.399 e. The second kappa shape index (κ2) is 5.72. The van der Waals surface area contributed by atoms with Gasteiger partial charge in [-0.3, -0.25) is 0 Å². The zero-order valence-corrected chi connectivity index (χ0v) is 15.2. The van der Waals surface area contributed by atoms with Gasteiger partial charge in [-0.15, -0.1) is 0 Å². The van der Waals surface area contributed by atoms with Gasteiger partial charge in [-0.2, -0.15) is 0 Å². The molecule has 0 spiro atoms. The molecule has 3 heteroatoms. The average molecular weight is 330 g/mol. The van der Waals surface area contributed by atoms with Gasteiger partial charge in [0.2, 0.25) is 0 Å². The van der Waals surface area contributed by atoms with Crippen LogP contribution < -0.4 is 5.46 Å². The molecule has 0 amide bonds. The normalized spacial score (nSPS) is 18.6. The van der Waals surface area contributed by atoms with Crippen LogP contribution >= 0.6 is 0 Å². The summed E-state index contributed by atoms with van der Waals surface area (Å²) in [7, 11) is -0.383. The molecule has 1 fully saturated rings. The molecule has 4 rings (SSSR count). The first-order valence-corrected chi connectivity index (χ1v) is 8.82. The fourth-order valence-electron chi connectivity index (χ4n) is 3.38. The second-order valence-corrected chi connectivity index (χ2v) is 7.70. The van der Waals surface area contributed by atoms with Crippen molar-refractivity contribution in [2.75, 3.05) is 0 Å². The number of benzene rings is 3. The summed E-state index contributed by atoms with van der Waals surface area (Å²) in [4.78, 5) is 0. The van der Waals surface area contributed by atoms with Crippen LogP contribution in [0, 0.1) is 0 Å². The van der Waals surface area contributed by atoms with E-state index in [2.05, 4.69) is 88.4 Å². The first-order valence-electron chi connectivity index (χ1n) is 8.82.